The topological polar surface area (TPSA) is 74.8 Å². The van der Waals surface area contributed by atoms with Gasteiger partial charge >= 0.3 is 0 Å². The molecule has 0 radical (unpaired) electrons. The SMILES string of the molecule is Cc1ccc(Cl)cc1-n1c2nc3ccccc3nc2c2c(=O)n(CC3CCCO3)c(C)nc21. The molecular weight excluding hydrogens is 438 g/mol. The maximum atomic E-state index is 13.8. The van der Waals surface area contributed by atoms with Crippen molar-refractivity contribution in [3.8, 4) is 5.69 Å². The van der Waals surface area contributed by atoms with Gasteiger partial charge in [-0.25, -0.2) is 15.0 Å². The predicted octanol–water partition coefficient (Wildman–Crippen LogP) is 4.73. The number of aromatic nitrogens is 5. The summed E-state index contributed by atoms with van der Waals surface area (Å²) in [4.78, 5) is 28.5. The van der Waals surface area contributed by atoms with Crippen molar-refractivity contribution in [3.05, 3.63) is 69.2 Å². The number of fused-ring (bicyclic) bond motifs is 4. The van der Waals surface area contributed by atoms with Crippen LogP contribution in [-0.4, -0.2) is 36.8 Å². The highest BCUT2D eigenvalue weighted by molar-refractivity contribution is 6.30. The largest absolute Gasteiger partial charge is 0.376 e. The van der Waals surface area contributed by atoms with Gasteiger partial charge in [0.2, 0.25) is 0 Å². The standard InChI is InChI=1S/C25H22ClN5O2/c1-14-9-10-16(26)12-20(14)31-23-21(22-24(31)29-19-8-4-3-7-18(19)28-22)25(32)30(15(2)27-23)13-17-6-5-11-33-17/h3-4,7-10,12,17H,5-6,11,13H2,1-2H3. The fourth-order valence-corrected chi connectivity index (χ4v) is 4.86. The van der Waals surface area contributed by atoms with Gasteiger partial charge in [-0.05, 0) is 56.5 Å². The van der Waals surface area contributed by atoms with Crippen LogP contribution in [0.15, 0.2) is 47.3 Å². The molecule has 0 N–H and O–H groups in total. The normalized spacial score (nSPS) is 16.4. The molecule has 1 atom stereocenters. The molecule has 0 spiro atoms. The number of hydrogen-bond acceptors (Lipinski definition) is 5. The number of para-hydroxylation sites is 2. The lowest BCUT2D eigenvalue weighted by Gasteiger charge is -2.15. The smallest absolute Gasteiger partial charge is 0.265 e. The van der Waals surface area contributed by atoms with Gasteiger partial charge in [-0.15, -0.1) is 0 Å². The molecule has 0 aliphatic carbocycles. The van der Waals surface area contributed by atoms with E-state index in [1.54, 1.807) is 4.57 Å². The molecule has 0 amide bonds. The molecule has 7 nitrogen and oxygen atoms in total. The van der Waals surface area contributed by atoms with Crippen LogP contribution in [0.5, 0.6) is 0 Å². The van der Waals surface area contributed by atoms with Gasteiger partial charge < -0.3 is 4.74 Å². The first-order valence-corrected chi connectivity index (χ1v) is 11.5. The van der Waals surface area contributed by atoms with E-state index >= 15 is 0 Å². The van der Waals surface area contributed by atoms with Crippen LogP contribution in [0.3, 0.4) is 0 Å². The summed E-state index contributed by atoms with van der Waals surface area (Å²) in [5.41, 5.74) is 4.86. The highest BCUT2D eigenvalue weighted by Crippen LogP contribution is 2.31. The van der Waals surface area contributed by atoms with Crippen LogP contribution in [0.25, 0.3) is 38.9 Å². The number of hydrogen-bond donors (Lipinski definition) is 0. The second-order valence-corrected chi connectivity index (χ2v) is 9.00. The van der Waals surface area contributed by atoms with E-state index in [9.17, 15) is 4.79 Å². The van der Waals surface area contributed by atoms with Gasteiger partial charge in [-0.1, -0.05) is 29.8 Å². The van der Waals surface area contributed by atoms with E-state index < -0.39 is 0 Å². The zero-order chi connectivity index (χ0) is 22.7. The molecule has 3 aromatic heterocycles. The molecule has 6 rings (SSSR count). The van der Waals surface area contributed by atoms with E-state index in [1.165, 1.54) is 0 Å². The number of ether oxygens (including phenoxy) is 1. The molecule has 8 heteroatoms. The minimum absolute atomic E-state index is 0.0242. The highest BCUT2D eigenvalue weighted by atomic mass is 35.5. The van der Waals surface area contributed by atoms with Gasteiger partial charge in [0.1, 0.15) is 16.7 Å². The minimum Gasteiger partial charge on any atom is -0.376 e. The Kier molecular flexibility index (Phi) is 4.71. The average molecular weight is 460 g/mol. The van der Waals surface area contributed by atoms with Gasteiger partial charge in [0.15, 0.2) is 11.3 Å². The Labute approximate surface area is 194 Å². The average Bonchev–Trinajstić information content (AvgIpc) is 3.42. The van der Waals surface area contributed by atoms with Crippen LogP contribution in [0, 0.1) is 13.8 Å². The molecule has 1 aliphatic heterocycles. The molecule has 0 saturated carbocycles. The van der Waals surface area contributed by atoms with E-state index in [2.05, 4.69) is 0 Å². The zero-order valence-corrected chi connectivity index (χ0v) is 19.1. The summed E-state index contributed by atoms with van der Waals surface area (Å²) in [6, 6.07) is 13.4. The van der Waals surface area contributed by atoms with Gasteiger partial charge in [-0.2, -0.15) is 0 Å². The maximum absolute atomic E-state index is 13.8. The fourth-order valence-electron chi connectivity index (χ4n) is 4.69. The van der Waals surface area contributed by atoms with Gasteiger partial charge in [0.25, 0.3) is 5.56 Å². The van der Waals surface area contributed by atoms with E-state index in [1.807, 2.05) is 60.9 Å². The van der Waals surface area contributed by atoms with Gasteiger partial charge in [0.05, 0.1) is 29.4 Å². The Morgan fingerprint density at radius 1 is 1.06 bits per heavy atom. The van der Waals surface area contributed by atoms with Crippen LogP contribution in [0.4, 0.5) is 0 Å². The molecule has 33 heavy (non-hydrogen) atoms. The van der Waals surface area contributed by atoms with Crippen molar-refractivity contribution in [2.75, 3.05) is 6.61 Å². The molecule has 0 bridgehead atoms. The monoisotopic (exact) mass is 459 g/mol. The first-order chi connectivity index (χ1) is 16.0. The van der Waals surface area contributed by atoms with Crippen molar-refractivity contribution in [2.24, 2.45) is 0 Å². The summed E-state index contributed by atoms with van der Waals surface area (Å²) in [7, 11) is 0. The lowest BCUT2D eigenvalue weighted by Crippen LogP contribution is -2.29. The number of nitrogens with zero attached hydrogens (tertiary/aromatic N) is 5. The van der Waals surface area contributed by atoms with E-state index in [0.717, 1.165) is 41.7 Å². The van der Waals surface area contributed by atoms with Gasteiger partial charge in [-0.3, -0.25) is 13.9 Å². The van der Waals surface area contributed by atoms with E-state index in [0.29, 0.717) is 39.6 Å². The second-order valence-electron chi connectivity index (χ2n) is 8.56. The number of aryl methyl sites for hydroxylation is 2. The first kappa shape index (κ1) is 20.3. The Hall–Kier alpha value is -3.29. The van der Waals surface area contributed by atoms with Crippen molar-refractivity contribution in [2.45, 2.75) is 39.3 Å². The summed E-state index contributed by atoms with van der Waals surface area (Å²) in [5, 5.41) is 1.06. The molecular formula is C25H22ClN5O2. The van der Waals surface area contributed by atoms with Crippen LogP contribution in [-0.2, 0) is 11.3 Å². The lowest BCUT2D eigenvalue weighted by molar-refractivity contribution is 0.0955. The second kappa shape index (κ2) is 7.64. The molecule has 1 unspecified atom stereocenters. The summed E-state index contributed by atoms with van der Waals surface area (Å²) >= 11 is 6.36. The molecule has 5 aromatic rings. The van der Waals surface area contributed by atoms with Crippen molar-refractivity contribution in [1.82, 2.24) is 24.1 Å². The molecule has 1 aliphatic rings. The third-order valence-corrected chi connectivity index (χ3v) is 6.61. The number of rotatable bonds is 3. The third kappa shape index (κ3) is 3.22. The van der Waals surface area contributed by atoms with Crippen LogP contribution < -0.4 is 5.56 Å². The lowest BCUT2D eigenvalue weighted by atomic mass is 10.2. The fraction of sp³-hybridized carbons (Fsp3) is 0.280. The van der Waals surface area contributed by atoms with Crippen molar-refractivity contribution in [1.29, 1.82) is 0 Å². The minimum atomic E-state index is -0.124. The highest BCUT2D eigenvalue weighted by Gasteiger charge is 2.25. The predicted molar refractivity (Wildman–Crippen MR) is 129 cm³/mol. The molecule has 1 fully saturated rings. The maximum Gasteiger partial charge on any atom is 0.265 e. The number of halogens is 1. The number of benzene rings is 2. The molecule has 166 valence electrons. The van der Waals surface area contributed by atoms with Crippen molar-refractivity contribution >= 4 is 44.8 Å². The Balaban J connectivity index is 1.75. The van der Waals surface area contributed by atoms with Crippen LogP contribution in [0.1, 0.15) is 24.2 Å². The van der Waals surface area contributed by atoms with Gasteiger partial charge in [0, 0.05) is 11.6 Å². The first-order valence-electron chi connectivity index (χ1n) is 11.1. The van der Waals surface area contributed by atoms with Crippen LogP contribution in [0.2, 0.25) is 5.02 Å². The molecule has 4 heterocycles. The van der Waals surface area contributed by atoms with Crippen molar-refractivity contribution < 1.29 is 4.74 Å². The summed E-state index contributed by atoms with van der Waals surface area (Å²) < 4.78 is 9.42. The van der Waals surface area contributed by atoms with E-state index in [-0.39, 0.29) is 11.7 Å². The zero-order valence-electron chi connectivity index (χ0n) is 18.4. The molecule has 2 aromatic carbocycles. The quantitative estimate of drug-likeness (QED) is 0.390. The van der Waals surface area contributed by atoms with Crippen molar-refractivity contribution in [3.63, 3.8) is 0 Å². The third-order valence-electron chi connectivity index (χ3n) is 6.38. The Morgan fingerprint density at radius 2 is 1.85 bits per heavy atom. The summed E-state index contributed by atoms with van der Waals surface area (Å²) in [6.07, 6.45) is 1.98. The summed E-state index contributed by atoms with van der Waals surface area (Å²) in [6.45, 7) is 5.08. The van der Waals surface area contributed by atoms with E-state index in [4.69, 9.17) is 31.3 Å². The Morgan fingerprint density at radius 3 is 2.61 bits per heavy atom. The molecule has 1 saturated heterocycles. The Bertz CT molecular complexity index is 1620. The summed E-state index contributed by atoms with van der Waals surface area (Å²) in [5.74, 6) is 0.635. The van der Waals surface area contributed by atoms with Crippen LogP contribution >= 0.6 is 11.6 Å².